The van der Waals surface area contributed by atoms with Crippen LogP contribution in [0.1, 0.15) is 163 Å². The lowest BCUT2D eigenvalue weighted by Crippen LogP contribution is -2.38. The number of amides is 2. The number of aromatic nitrogens is 6. The van der Waals surface area contributed by atoms with Gasteiger partial charge in [0.05, 0.1) is 36.4 Å². The van der Waals surface area contributed by atoms with E-state index in [1.165, 1.54) is 28.1 Å². The fourth-order valence-electron chi connectivity index (χ4n) is 12.1. The number of carboxylic acid groups (broad SMARTS) is 1. The lowest BCUT2D eigenvalue weighted by molar-refractivity contribution is -0.148. The van der Waals surface area contributed by atoms with Crippen LogP contribution < -0.4 is 5.73 Å². The van der Waals surface area contributed by atoms with Crippen molar-refractivity contribution in [2.45, 2.75) is 182 Å². The highest BCUT2D eigenvalue weighted by Gasteiger charge is 2.46. The summed E-state index contributed by atoms with van der Waals surface area (Å²) in [6.45, 7) is 30.4. The summed E-state index contributed by atoms with van der Waals surface area (Å²) in [6, 6.07) is 28.2. The zero-order chi connectivity index (χ0) is 63.2. The second-order valence-electron chi connectivity index (χ2n) is 27.8. The first-order valence-corrected chi connectivity index (χ1v) is 29.7. The minimum absolute atomic E-state index is 0.0325. The number of hydrogen-bond donors (Lipinski definition) is 2. The van der Waals surface area contributed by atoms with E-state index in [0.717, 1.165) is 47.3 Å². The van der Waals surface area contributed by atoms with Crippen molar-refractivity contribution < 1.29 is 39.5 Å². The molecule has 458 valence electrons. The molecule has 4 aliphatic rings. The number of fused-ring (bicyclic) bond motifs is 2. The summed E-state index contributed by atoms with van der Waals surface area (Å²) in [7, 11) is -1.00. The predicted molar refractivity (Wildman–Crippen MR) is 331 cm³/mol. The normalized spacial score (nSPS) is 22.2. The molecule has 6 atom stereocenters. The van der Waals surface area contributed by atoms with Gasteiger partial charge in [0.1, 0.15) is 17.0 Å². The molecule has 16 nitrogen and oxygen atoms in total. The molecule has 6 unspecified atom stereocenters. The summed E-state index contributed by atoms with van der Waals surface area (Å²) in [5.41, 5.74) is 14.5. The minimum atomic E-state index is -1.00. The van der Waals surface area contributed by atoms with E-state index in [1.54, 1.807) is 34.6 Å². The molecular weight excluding hydrogens is 1070 g/mol. The Morgan fingerprint density at radius 3 is 1.41 bits per heavy atom. The molecule has 4 aromatic heterocycles. The number of Topliss-reactive ketones (excluding diaryl/α,β-unsaturated/α-hetero) is 1. The topological polar surface area (TPSA) is 201 Å². The molecule has 85 heavy (non-hydrogen) atoms. The number of ketones is 1. The van der Waals surface area contributed by atoms with Crippen LogP contribution in [0.25, 0.3) is 22.5 Å². The van der Waals surface area contributed by atoms with Gasteiger partial charge in [-0.25, -0.2) is 9.59 Å². The highest BCUT2D eigenvalue weighted by Crippen LogP contribution is 2.46. The van der Waals surface area contributed by atoms with Crippen molar-refractivity contribution in [2.75, 3.05) is 33.3 Å². The molecule has 0 radical (unpaired) electrons. The number of nitrogens with zero attached hydrogens (tertiary/aromatic N) is 8. The van der Waals surface area contributed by atoms with Crippen molar-refractivity contribution in [3.05, 3.63) is 143 Å². The van der Waals surface area contributed by atoms with Gasteiger partial charge >= 0.3 is 18.2 Å². The first kappa shape index (κ1) is 63.7. The number of ether oxygens (including phenoxy) is 2. The molecule has 3 N–H and O–H groups in total. The lowest BCUT2D eigenvalue weighted by atomic mass is 9.68. The van der Waals surface area contributed by atoms with Crippen LogP contribution >= 0.6 is 0 Å². The third kappa shape index (κ3) is 15.8. The second-order valence-corrected chi connectivity index (χ2v) is 27.8. The number of hydrogen-bond acceptors (Lipinski definition) is 11. The molecule has 2 fully saturated rings. The monoisotopic (exact) mass is 1170 g/mol. The van der Waals surface area contributed by atoms with Gasteiger partial charge in [-0.1, -0.05) is 67.6 Å². The van der Waals surface area contributed by atoms with E-state index in [2.05, 4.69) is 92.1 Å². The third-order valence-electron chi connectivity index (χ3n) is 16.5. The first-order valence-electron chi connectivity index (χ1n) is 30.4. The van der Waals surface area contributed by atoms with E-state index in [1.807, 2.05) is 109 Å². The van der Waals surface area contributed by atoms with Gasteiger partial charge < -0.3 is 30.1 Å². The highest BCUT2D eigenvalue weighted by atomic mass is 19.1. The van der Waals surface area contributed by atoms with Crippen LogP contribution in [0.5, 0.6) is 0 Å². The summed E-state index contributed by atoms with van der Waals surface area (Å²) in [4.78, 5) is 62.8. The number of halogens is 1. The van der Waals surface area contributed by atoms with E-state index in [-0.39, 0.29) is 52.8 Å². The van der Waals surface area contributed by atoms with E-state index in [0.29, 0.717) is 51.9 Å². The van der Waals surface area contributed by atoms with Crippen molar-refractivity contribution >= 4 is 23.9 Å². The number of carboxylic acids is 1. The minimum Gasteiger partial charge on any atom is -0.481 e. The Morgan fingerprint density at radius 2 is 1.00 bits per heavy atom. The number of rotatable bonds is 8. The Bertz CT molecular complexity index is 3260. The van der Waals surface area contributed by atoms with Crippen LogP contribution in [0, 0.1) is 16.7 Å². The molecule has 6 aromatic rings. The molecule has 0 bridgehead atoms. The van der Waals surface area contributed by atoms with Crippen LogP contribution in [0.4, 0.5) is 14.0 Å². The fourth-order valence-corrected chi connectivity index (χ4v) is 12.1. The maximum atomic E-state index is 14.2. The van der Waals surface area contributed by atoms with Gasteiger partial charge in [0.15, 0.2) is 0 Å². The predicted octanol–water partition coefficient (Wildman–Crippen LogP) is 13.0. The zero-order valence-corrected chi connectivity index (χ0v) is 52.6. The molecule has 17 heteroatoms. The lowest BCUT2D eigenvalue weighted by Gasteiger charge is -2.35. The Labute approximate surface area is 504 Å². The Balaban J connectivity index is 0.000000198. The number of benzene rings is 2. The molecule has 0 spiro atoms. The Hall–Kier alpha value is -7.27. The maximum Gasteiger partial charge on any atom is 0.410 e. The van der Waals surface area contributed by atoms with Crippen LogP contribution in [-0.4, -0.2) is 119 Å². The Morgan fingerprint density at radius 1 is 0.612 bits per heavy atom. The average molecular weight is 1170 g/mol. The SMILES string of the molecule is CC(C)(C)OC(=O)N1CC(CC(=O)C2(C)CCc3c(c(-c4ccncc4)nn3C(C)(C)C)C2)C(c2ccccc2)C1.CC(C)(C)OC(=O)N1CC(N)C(c2ccccc2)C1.CC1(C(=O)O)CCc2c(c(-c3ccncc3)nn2C(C)(C)C)C1.[2H]CF. The average Bonchev–Trinajstić information content (AvgIpc) is 1.72. The number of likely N-dealkylation sites (tertiary alicyclic amines) is 2. The summed E-state index contributed by atoms with van der Waals surface area (Å²) < 4.78 is 30.8. The van der Waals surface area contributed by atoms with Crippen molar-refractivity contribution in [3.8, 4) is 22.5 Å². The number of alkyl halides is 1. The Kier molecular flexibility index (Phi) is 19.6. The van der Waals surface area contributed by atoms with E-state index < -0.39 is 35.2 Å². The molecule has 0 saturated carbocycles. The second kappa shape index (κ2) is 26.1. The largest absolute Gasteiger partial charge is 0.481 e. The number of pyridine rings is 2. The molecule has 2 aromatic carbocycles. The van der Waals surface area contributed by atoms with Gasteiger partial charge in [-0.3, -0.25) is 33.3 Å². The smallest absolute Gasteiger partial charge is 0.410 e. The molecule has 10 rings (SSSR count). The molecule has 2 saturated heterocycles. The van der Waals surface area contributed by atoms with E-state index in [9.17, 15) is 28.7 Å². The van der Waals surface area contributed by atoms with Crippen LogP contribution in [-0.2, 0) is 55.8 Å². The highest BCUT2D eigenvalue weighted by molar-refractivity contribution is 5.86. The third-order valence-corrected chi connectivity index (χ3v) is 16.5. The number of carbonyl (C=O) groups is 4. The van der Waals surface area contributed by atoms with E-state index >= 15 is 0 Å². The molecular formula is C68H92FN9O7. The fraction of sp³-hybridized carbons (Fsp3) is 0.529. The van der Waals surface area contributed by atoms with Gasteiger partial charge in [-0.15, -0.1) is 0 Å². The molecule has 6 heterocycles. The van der Waals surface area contributed by atoms with Crippen LogP contribution in [0.15, 0.2) is 110 Å². The quantitative estimate of drug-likeness (QED) is 0.146. The summed E-state index contributed by atoms with van der Waals surface area (Å²) >= 11 is 0. The van der Waals surface area contributed by atoms with Crippen molar-refractivity contribution in [2.24, 2.45) is 22.5 Å². The van der Waals surface area contributed by atoms with Gasteiger partial charge in [0, 0.05) is 114 Å². The van der Waals surface area contributed by atoms with Gasteiger partial charge in [0.2, 0.25) is 0 Å². The molecule has 2 amide bonds. The summed E-state index contributed by atoms with van der Waals surface area (Å²) in [6.07, 6.45) is 11.1. The molecule has 2 aliphatic heterocycles. The van der Waals surface area contributed by atoms with Crippen LogP contribution in [0.2, 0.25) is 0 Å². The van der Waals surface area contributed by atoms with Gasteiger partial charge in [-0.05, 0) is 170 Å². The summed E-state index contributed by atoms with van der Waals surface area (Å²) in [5, 5.41) is 19.6. The van der Waals surface area contributed by atoms with Gasteiger partial charge in [0.25, 0.3) is 0 Å². The van der Waals surface area contributed by atoms with Gasteiger partial charge in [-0.2, -0.15) is 10.2 Å². The van der Waals surface area contributed by atoms with E-state index in [4.69, 9.17) is 26.8 Å². The van der Waals surface area contributed by atoms with Crippen molar-refractivity contribution in [1.29, 1.82) is 0 Å². The summed E-state index contributed by atoms with van der Waals surface area (Å²) in [5.74, 6) is -0.149. The number of nitrogens with two attached hydrogens (primary N) is 1. The molecule has 2 aliphatic carbocycles. The van der Waals surface area contributed by atoms with Crippen LogP contribution in [0.3, 0.4) is 0 Å². The number of carbonyl (C=O) groups excluding carboxylic acids is 3. The first-order chi connectivity index (χ1) is 40.3. The maximum absolute atomic E-state index is 14.2. The van der Waals surface area contributed by atoms with Crippen molar-refractivity contribution in [3.63, 3.8) is 0 Å². The standard InChI is InChI=1S/C34H44N4O3.C18H23N3O2.C15H22N2O2.CH3F/c1-32(2,3)38-28-13-16-34(7,20-26(28)30(36-38)24-14-17-35-18-15-24)29(39)19-25-21-37(31(40)41-33(4,5)6)22-27(25)23-11-9-8-10-12-23;1-17(2,3)21-14-5-8-18(4,16(22)23)11-13(14)15(20-21)12-6-9-19-10-7-12;1-15(2,3)19-14(18)17-9-12(13(16)10-17)11-7-5-4-6-8-11;1-2/h8-12,14-15,17-18,25,27H,13,16,19-22H2,1-7H3;6-7,9-10H,5,8,11H2,1-4H3,(H,22,23);4-8,12-13H,9-10,16H2,1-3H3;1H3/i;;;1D. The number of aliphatic carboxylic acids is 1. The van der Waals surface area contributed by atoms with Crippen molar-refractivity contribution in [1.82, 2.24) is 39.3 Å². The zero-order valence-electron chi connectivity index (χ0n) is 53.6.